The minimum Gasteiger partial charge on any atom is -0.494 e. The van der Waals surface area contributed by atoms with Crippen LogP contribution in [0, 0.1) is 0 Å². The molecule has 0 bridgehead atoms. The van der Waals surface area contributed by atoms with Crippen LogP contribution in [0.4, 0.5) is 0 Å². The largest absolute Gasteiger partial charge is 0.494 e. The lowest BCUT2D eigenvalue weighted by molar-refractivity contribution is 0.203. The number of benzene rings is 1. The number of aliphatic imine (C=N–C) groups is 1. The van der Waals surface area contributed by atoms with E-state index in [4.69, 9.17) is 23.6 Å². The highest BCUT2D eigenvalue weighted by molar-refractivity contribution is 14.0. The zero-order valence-corrected chi connectivity index (χ0v) is 20.2. The van der Waals surface area contributed by atoms with Gasteiger partial charge in [0.15, 0.2) is 5.96 Å². The van der Waals surface area contributed by atoms with Gasteiger partial charge in [-0.05, 0) is 38.1 Å². The number of rotatable bonds is 10. The van der Waals surface area contributed by atoms with Crippen LogP contribution in [0.5, 0.6) is 11.5 Å². The molecular weight excluding hydrogens is 497 g/mol. The number of furan rings is 1. The molecule has 2 heterocycles. The van der Waals surface area contributed by atoms with Gasteiger partial charge in [-0.1, -0.05) is 0 Å². The number of methoxy groups -OCH3 is 1. The van der Waals surface area contributed by atoms with Crippen LogP contribution in [0.2, 0.25) is 0 Å². The van der Waals surface area contributed by atoms with Gasteiger partial charge in [0.25, 0.3) is 0 Å². The van der Waals surface area contributed by atoms with Gasteiger partial charge in [0.2, 0.25) is 0 Å². The van der Waals surface area contributed by atoms with E-state index in [9.17, 15) is 0 Å². The van der Waals surface area contributed by atoms with Crippen molar-refractivity contribution in [3.8, 4) is 11.5 Å². The average molecular weight is 529 g/mol. The third kappa shape index (κ3) is 7.09. The van der Waals surface area contributed by atoms with E-state index in [1.807, 2.05) is 19.1 Å². The molecule has 0 aliphatic carbocycles. The second kappa shape index (κ2) is 12.7. The van der Waals surface area contributed by atoms with E-state index >= 15 is 0 Å². The highest BCUT2D eigenvalue weighted by Crippen LogP contribution is 2.35. The summed E-state index contributed by atoms with van der Waals surface area (Å²) in [5.41, 5.74) is 2.21. The fourth-order valence-corrected chi connectivity index (χ4v) is 3.26. The van der Waals surface area contributed by atoms with E-state index in [2.05, 4.69) is 29.7 Å². The Bertz CT molecular complexity index is 796. The molecule has 3 rings (SSSR count). The maximum atomic E-state index is 5.91. The summed E-state index contributed by atoms with van der Waals surface area (Å²) in [5.74, 6) is 3.48. The van der Waals surface area contributed by atoms with Crippen molar-refractivity contribution in [1.29, 1.82) is 0 Å². The first-order valence-corrected chi connectivity index (χ1v) is 10.2. The van der Waals surface area contributed by atoms with Crippen LogP contribution in [0.25, 0.3) is 0 Å². The third-order valence-electron chi connectivity index (χ3n) is 4.63. The maximum Gasteiger partial charge on any atom is 0.191 e. The molecule has 1 unspecified atom stereocenters. The summed E-state index contributed by atoms with van der Waals surface area (Å²) >= 11 is 0. The standard InChI is InChI=1S/C22H31N3O4.HI/c1-4-27-20-13-17-12-16(2)29-21(17)14-18(20)15-25-22(24-9-11-26-3)23-8-7-19-6-5-10-28-19;/h5-6,10,13-14,16H,4,7-9,11-12,15H2,1-3H3,(H2,23,24,25);1H. The smallest absolute Gasteiger partial charge is 0.191 e. The van der Waals surface area contributed by atoms with Crippen molar-refractivity contribution in [2.45, 2.75) is 39.3 Å². The van der Waals surface area contributed by atoms with Gasteiger partial charge in [-0.3, -0.25) is 0 Å². The number of nitrogens with one attached hydrogen (secondary N) is 2. The predicted octanol–water partition coefficient (Wildman–Crippen LogP) is 3.54. The predicted molar refractivity (Wildman–Crippen MR) is 128 cm³/mol. The van der Waals surface area contributed by atoms with Crippen LogP contribution >= 0.6 is 24.0 Å². The van der Waals surface area contributed by atoms with E-state index in [0.29, 0.717) is 26.3 Å². The number of halogens is 1. The molecule has 1 aliphatic heterocycles. The molecule has 1 atom stereocenters. The minimum atomic E-state index is 0. The highest BCUT2D eigenvalue weighted by atomic mass is 127. The van der Waals surface area contributed by atoms with Crippen LogP contribution in [-0.4, -0.2) is 45.5 Å². The Labute approximate surface area is 195 Å². The van der Waals surface area contributed by atoms with Gasteiger partial charge in [-0.15, -0.1) is 24.0 Å². The zero-order valence-electron chi connectivity index (χ0n) is 17.9. The molecule has 2 N–H and O–H groups in total. The van der Waals surface area contributed by atoms with Crippen molar-refractivity contribution in [3.63, 3.8) is 0 Å². The average Bonchev–Trinajstić information content (AvgIpc) is 3.34. The SMILES string of the molecule is CCOc1cc2c(cc1CN=C(NCCOC)NCCc1ccco1)OC(C)C2.I. The number of hydrogen-bond acceptors (Lipinski definition) is 5. The Kier molecular flexibility index (Phi) is 10.3. The van der Waals surface area contributed by atoms with E-state index in [1.165, 1.54) is 5.56 Å². The first-order valence-electron chi connectivity index (χ1n) is 10.2. The molecule has 1 aliphatic rings. The van der Waals surface area contributed by atoms with Gasteiger partial charge in [-0.2, -0.15) is 0 Å². The summed E-state index contributed by atoms with van der Waals surface area (Å²) in [6.45, 7) is 7.18. The van der Waals surface area contributed by atoms with Crippen molar-refractivity contribution < 1.29 is 18.6 Å². The second-order valence-electron chi connectivity index (χ2n) is 6.97. The number of fused-ring (bicyclic) bond motifs is 1. The normalized spacial score (nSPS) is 15.2. The summed E-state index contributed by atoms with van der Waals surface area (Å²) in [5, 5.41) is 6.64. The lowest BCUT2D eigenvalue weighted by Gasteiger charge is -2.14. The fraction of sp³-hybridized carbons (Fsp3) is 0.500. The molecule has 0 radical (unpaired) electrons. The van der Waals surface area contributed by atoms with Gasteiger partial charge < -0.3 is 29.3 Å². The molecule has 166 valence electrons. The maximum absolute atomic E-state index is 5.91. The molecule has 0 spiro atoms. The van der Waals surface area contributed by atoms with Crippen LogP contribution in [0.15, 0.2) is 39.9 Å². The van der Waals surface area contributed by atoms with E-state index < -0.39 is 0 Å². The molecule has 0 fully saturated rings. The summed E-state index contributed by atoms with van der Waals surface area (Å²) in [7, 11) is 1.68. The molecule has 30 heavy (non-hydrogen) atoms. The molecule has 1 aromatic carbocycles. The van der Waals surface area contributed by atoms with E-state index in [1.54, 1.807) is 13.4 Å². The Morgan fingerprint density at radius 3 is 2.83 bits per heavy atom. The summed E-state index contributed by atoms with van der Waals surface area (Å²) in [4.78, 5) is 4.74. The first-order chi connectivity index (χ1) is 14.2. The lowest BCUT2D eigenvalue weighted by atomic mass is 10.1. The summed E-state index contributed by atoms with van der Waals surface area (Å²) in [6, 6.07) is 8.02. The van der Waals surface area contributed by atoms with Crippen molar-refractivity contribution in [1.82, 2.24) is 10.6 Å². The molecular formula is C22H32IN3O4. The molecule has 0 saturated heterocycles. The quantitative estimate of drug-likeness (QED) is 0.212. The second-order valence-corrected chi connectivity index (χ2v) is 6.97. The van der Waals surface area contributed by atoms with Crippen LogP contribution in [0.3, 0.4) is 0 Å². The summed E-state index contributed by atoms with van der Waals surface area (Å²) in [6.07, 6.45) is 3.59. The number of ether oxygens (including phenoxy) is 3. The Hall–Kier alpha value is -1.94. The van der Waals surface area contributed by atoms with Gasteiger partial charge in [0.1, 0.15) is 23.4 Å². The van der Waals surface area contributed by atoms with Gasteiger partial charge >= 0.3 is 0 Å². The van der Waals surface area contributed by atoms with E-state index in [0.717, 1.165) is 48.2 Å². The number of nitrogens with zero attached hydrogens (tertiary/aromatic N) is 1. The fourth-order valence-electron chi connectivity index (χ4n) is 3.26. The lowest BCUT2D eigenvalue weighted by Crippen LogP contribution is -2.40. The monoisotopic (exact) mass is 529 g/mol. The van der Waals surface area contributed by atoms with Gasteiger partial charge in [0.05, 0.1) is 26.0 Å². The van der Waals surface area contributed by atoms with Gasteiger partial charge in [-0.25, -0.2) is 4.99 Å². The topological polar surface area (TPSA) is 77.2 Å². The van der Waals surface area contributed by atoms with Crippen molar-refractivity contribution >= 4 is 29.9 Å². The molecule has 7 nitrogen and oxygen atoms in total. The number of hydrogen-bond donors (Lipinski definition) is 2. The Morgan fingerprint density at radius 1 is 1.27 bits per heavy atom. The van der Waals surface area contributed by atoms with Gasteiger partial charge in [0, 0.05) is 44.2 Å². The van der Waals surface area contributed by atoms with Crippen LogP contribution in [-0.2, 0) is 24.1 Å². The summed E-state index contributed by atoms with van der Waals surface area (Å²) < 4.78 is 22.3. The van der Waals surface area contributed by atoms with Crippen molar-refractivity contribution in [2.24, 2.45) is 4.99 Å². The first kappa shape index (κ1) is 24.3. The van der Waals surface area contributed by atoms with Crippen LogP contribution < -0.4 is 20.1 Å². The van der Waals surface area contributed by atoms with Crippen LogP contribution in [0.1, 0.15) is 30.7 Å². The van der Waals surface area contributed by atoms with Crippen molar-refractivity contribution in [3.05, 3.63) is 47.4 Å². The highest BCUT2D eigenvalue weighted by Gasteiger charge is 2.21. The van der Waals surface area contributed by atoms with Crippen molar-refractivity contribution in [2.75, 3.05) is 33.4 Å². The third-order valence-corrected chi connectivity index (χ3v) is 4.63. The zero-order chi connectivity index (χ0) is 20.5. The number of guanidine groups is 1. The Morgan fingerprint density at radius 2 is 2.10 bits per heavy atom. The molecule has 0 amide bonds. The molecule has 8 heteroatoms. The Balaban J connectivity index is 0.00000320. The molecule has 2 aromatic rings. The minimum absolute atomic E-state index is 0. The molecule has 1 aromatic heterocycles. The van der Waals surface area contributed by atoms with E-state index in [-0.39, 0.29) is 30.1 Å². The molecule has 0 saturated carbocycles.